The van der Waals surface area contributed by atoms with Crippen LogP contribution in [0.4, 0.5) is 40.8 Å². The smallest absolute Gasteiger partial charge is 0.191 e. The summed E-state index contributed by atoms with van der Waals surface area (Å²) in [4.78, 5) is 32.5. The van der Waals surface area contributed by atoms with Gasteiger partial charge in [-0.1, -0.05) is 144 Å². The Labute approximate surface area is 937 Å². The molecule has 776 valence electrons. The zero-order valence-electron chi connectivity index (χ0n) is 142. The molecule has 0 saturated heterocycles. The van der Waals surface area contributed by atoms with E-state index in [0.717, 1.165) is 53.3 Å². The second-order valence-corrected chi connectivity index (χ2v) is 32.9. The van der Waals surface area contributed by atoms with Crippen LogP contribution in [0.15, 0.2) is 93.1 Å². The van der Waals surface area contributed by atoms with E-state index in [0.29, 0.717) is 16.9 Å². The molecule has 4 aromatic carbocycles. The lowest BCUT2D eigenvalue weighted by atomic mass is 10.1. The van der Waals surface area contributed by atoms with Crippen LogP contribution in [0.3, 0.4) is 0 Å². The Balaban J connectivity index is 0.000000181. The van der Waals surface area contributed by atoms with Gasteiger partial charge in [-0.25, -0.2) is 76.2 Å². The summed E-state index contributed by atoms with van der Waals surface area (Å²) in [5, 5.41) is 163. The minimum Gasteiger partial charge on any atom is -0.394 e. The van der Waals surface area contributed by atoms with Gasteiger partial charge < -0.3 is 101 Å². The van der Waals surface area contributed by atoms with E-state index in [1.54, 1.807) is 0 Å². The molecule has 8 aromatic heterocycles. The van der Waals surface area contributed by atoms with Crippen molar-refractivity contribution in [3.8, 4) is 0 Å². The number of fused-ring (bicyclic) bond motifs is 4. The fraction of sp³-hybridized carbons (Fsp3) is 0.583. The molecule has 144 heavy (non-hydrogen) atoms. The van der Waals surface area contributed by atoms with Crippen molar-refractivity contribution in [2.45, 2.75) is 297 Å². The normalized spacial score (nSPS) is 48.6. The lowest BCUT2D eigenvalue weighted by molar-refractivity contribution is -0.0629. The van der Waals surface area contributed by atoms with Crippen LogP contribution in [0, 0.1) is 51.0 Å². The minimum absolute atomic E-state index is 0.0300. The summed E-state index contributed by atoms with van der Waals surface area (Å²) < 4.78 is 638. The van der Waals surface area contributed by atoms with Crippen molar-refractivity contribution in [1.82, 2.24) is 99.8 Å². The average Bonchev–Trinajstić information content (AvgIpc) is 1.48. The van der Waals surface area contributed by atoms with Crippen molar-refractivity contribution in [3.05, 3.63) is 140 Å². The van der Waals surface area contributed by atoms with Crippen molar-refractivity contribution in [1.29, 1.82) is 0 Å². The van der Waals surface area contributed by atoms with E-state index in [9.17, 15) is 78.8 Å². The van der Waals surface area contributed by atoms with Crippen LogP contribution in [0.25, 0.3) is 44.7 Å². The highest BCUT2D eigenvalue weighted by Crippen LogP contribution is 2.50. The maximum Gasteiger partial charge on any atom is 0.191 e. The van der Waals surface area contributed by atoms with Crippen molar-refractivity contribution >= 4 is 115 Å². The van der Waals surface area contributed by atoms with E-state index in [1.165, 1.54) is 6.92 Å². The molecule has 16 N–H and O–H groups in total. The maximum atomic E-state index is 15.0. The van der Waals surface area contributed by atoms with Crippen LogP contribution in [-0.4, -0.2) is 334 Å². The number of ether oxygens (including phenoxy) is 4. The summed E-state index contributed by atoms with van der Waals surface area (Å²) in [5.41, 5.74) is -19.6. The van der Waals surface area contributed by atoms with Gasteiger partial charge in [0.25, 0.3) is 0 Å². The van der Waals surface area contributed by atoms with Gasteiger partial charge >= 0.3 is 0 Å². The highest BCUT2D eigenvalue weighted by molar-refractivity contribution is 7.99. The minimum atomic E-state index is -4.50. The van der Waals surface area contributed by atoms with E-state index >= 15 is 0 Å². The van der Waals surface area contributed by atoms with Gasteiger partial charge in [0.05, 0.1) is 152 Å². The van der Waals surface area contributed by atoms with Gasteiger partial charge in [-0.15, -0.1) is 20.4 Å². The molecule has 12 aromatic rings. The number of aliphatic hydroxyl groups is 12. The number of hydrogen-bond acceptors (Lipinski definition) is 40. The first kappa shape index (κ1) is 50.7. The summed E-state index contributed by atoms with van der Waals surface area (Å²) in [5.74, 6) is -17.5. The molecule has 8 aliphatic carbocycles. The third-order valence-corrected chi connectivity index (χ3v) is 22.9. The molecule has 8 fully saturated rings. The average molecular weight is 2140 g/mol. The zero-order chi connectivity index (χ0) is 162. The number of halogens is 4. The van der Waals surface area contributed by atoms with Crippen LogP contribution < -0.4 is 21.3 Å². The van der Waals surface area contributed by atoms with Crippen LogP contribution in [-0.2, 0) is 18.9 Å². The topological polar surface area (TPSA) is 554 Å². The Morgan fingerprint density at radius 2 is 0.688 bits per heavy atom. The number of benzene rings is 4. The Morgan fingerprint density at radius 3 is 0.993 bits per heavy atom. The summed E-state index contributed by atoms with van der Waals surface area (Å²) in [6.45, 7) is -11.0. The van der Waals surface area contributed by atoms with Gasteiger partial charge in [-0.3, -0.25) is 0 Å². The standard InChI is InChI=1S/4C24H31FN6O4S/c4*1-3-8-36-24-27-22(26-16-10-14(16)13-5-4-12(2)15(25)9-13)19-23(28-24)31(30-29-19)17-11-18(35-7-6-32)21(34)20(17)33/h4*4-5,9,14,16-18,20-21,32-34H,3,6-8,10-11H2,1-2H3,(H,26,27,28)/t4*14-,16+,17+,18-,20-,21+/m0000/s1/i3D2,4D,5D,6D2,7D2,8D2,9D,10D2,11D2,14D,17D,18D,20D,21D;3D2,4D,5D,7D2,8D2,9D,10D2,11D2,14D,17D,18D,20D,21D;3D2,4D,5D,6D2,8D2,9D,10D2,11D2,14D,17D,18D,20D,21D;4D,5D,9D,11D2,14D,16D,17D,18D,20D,21D. The molecular weight excluding hydrogens is 1950 g/mol. The number of hydrogen-bond donors (Lipinski definition) is 16. The van der Waals surface area contributed by atoms with Crippen LogP contribution >= 0.6 is 47.0 Å². The Kier molecular flexibility index (Phi) is 16.7. The fourth-order valence-electron chi connectivity index (χ4n) is 12.7. The van der Waals surface area contributed by atoms with Crippen LogP contribution in [0.2, 0.25) is 0 Å². The lowest BCUT2D eigenvalue weighted by Crippen LogP contribution is -2.33. The number of anilines is 4. The van der Waals surface area contributed by atoms with Gasteiger partial charge in [-0.05, 0) is 147 Å². The molecule has 0 bridgehead atoms. The van der Waals surface area contributed by atoms with Gasteiger partial charge in [0.2, 0.25) is 0 Å². The van der Waals surface area contributed by atoms with E-state index in [-0.39, 0.29) is 65.9 Å². The van der Waals surface area contributed by atoms with Crippen LogP contribution in [0.1, 0.15) is 288 Å². The molecular formula is C96H124F4N24O16S4. The molecule has 8 heterocycles. The molecule has 0 spiro atoms. The number of thioether (sulfide) groups is 4. The summed E-state index contributed by atoms with van der Waals surface area (Å²) in [6, 6.07) is -33.5. The lowest BCUT2D eigenvalue weighted by Gasteiger charge is -2.17. The van der Waals surface area contributed by atoms with Gasteiger partial charge in [0, 0.05) is 137 Å². The van der Waals surface area contributed by atoms with E-state index in [1.807, 2.05) is 6.92 Å². The first-order chi connectivity index (χ1) is 94.4. The Hall–Kier alpha value is -9.52. The zero-order valence-corrected chi connectivity index (χ0v) is 78.0. The highest BCUT2D eigenvalue weighted by Gasteiger charge is 2.51. The van der Waals surface area contributed by atoms with Crippen LogP contribution in [0.5, 0.6) is 0 Å². The van der Waals surface area contributed by atoms with E-state index in [4.69, 9.17) is 101 Å². The first-order valence-corrected chi connectivity index (χ1v) is 44.9. The number of aromatic nitrogens is 20. The van der Waals surface area contributed by atoms with Gasteiger partial charge in [0.15, 0.2) is 88.6 Å². The van der Waals surface area contributed by atoms with Crippen molar-refractivity contribution in [2.75, 3.05) is 96.8 Å². The quantitative estimate of drug-likeness (QED) is 0.00969. The first-order valence-electron chi connectivity index (χ1n) is 75.0. The number of aliphatic hydroxyl groups excluding tert-OH is 2. The third kappa shape index (κ3) is 23.8. The summed E-state index contributed by atoms with van der Waals surface area (Å²) >= 11 is 0.905. The van der Waals surface area contributed by atoms with Crippen molar-refractivity contribution < 1.29 is 190 Å². The van der Waals surface area contributed by atoms with Gasteiger partial charge in [0.1, 0.15) is 71.9 Å². The summed E-state index contributed by atoms with van der Waals surface area (Å²) in [7, 11) is 0. The molecule has 20 rings (SSSR count). The number of rotatable bonds is 40. The fourth-order valence-corrected chi connectivity index (χ4v) is 14.8. The second kappa shape index (κ2) is 47.3. The monoisotopic (exact) mass is 2140 g/mol. The predicted octanol–water partition coefficient (Wildman–Crippen LogP) is 8.73. The van der Waals surface area contributed by atoms with Crippen molar-refractivity contribution in [2.24, 2.45) is 0 Å². The van der Waals surface area contributed by atoms with Gasteiger partial charge in [-0.2, -0.15) is 0 Å². The Bertz CT molecular complexity index is 10100. The molecule has 48 heteroatoms. The molecule has 24 atom stereocenters. The molecule has 40 nitrogen and oxygen atoms in total. The Morgan fingerprint density at radius 1 is 0.382 bits per heavy atom. The molecule has 0 radical (unpaired) electrons. The molecule has 8 saturated carbocycles. The molecule has 0 aliphatic heterocycles. The SMILES string of the molecule is [2H]c1c([2H])c([C@@]2([2H])[C@H](Nc3nc(SC([2H])([2H])C([2H])([2H])C)nc4c3nnn4[C@]3([2H])C([2H])([2H])[C@]([2H])(OC([2H])([2H])C([2H])([2H])O)[C@@]([2H])(O)[C@@]3([2H])O)C2([2H])[2H])c([2H])c(F)c1C.[2H]c1c([2H])c([C@@]2([2H])[C@H](Nc3nc(SC([2H])([2H])C([2H])([2H])C)nc4c3nnn4[C@]3([2H])C([2H])([2H])[C@]([2H])(OC([2H])([2H])CO)[C@@]([2H])(O)[C@@]3([2H])O)C2([2H])[2H])c([2H])c(F)c1C.[2H]c1c([2H])c([C@@]2([2H])[C@H](Nc3nc(SC([2H])([2H])C([2H])([2H])C)nc4c3nnn4[C@]3([2H])C([2H])([2H])[C@]([2H])(OCC([2H])([2H])O)[C@@]([2H])(O)[C@@]3([2H])O)C2([2H])[2H])c([2H])c(F)c1C.[2H]c1c([2H])c([C@]2([2H])C[C@@]2([2H])Nc2nc(SCCC)nc3c2nnn3[C@]2([2H])C([2H])([2H])[C@]([2H])(OCCO)[C@@]([2H])(O)[C@@]2([2H])O)c([2H])c(F)c1C. The number of nitrogens with one attached hydrogen (secondary N) is 4. The summed E-state index contributed by atoms with van der Waals surface area (Å²) in [6.07, 6.45) is -82.1. The third-order valence-electron chi connectivity index (χ3n) is 19.9. The largest absolute Gasteiger partial charge is 0.394 e. The molecule has 0 amide bonds. The predicted molar refractivity (Wildman–Crippen MR) is 530 cm³/mol. The van der Waals surface area contributed by atoms with E-state index < -0.39 is 497 Å². The second-order valence-electron chi connectivity index (χ2n) is 29.5. The van der Waals surface area contributed by atoms with Crippen molar-refractivity contribution in [3.63, 3.8) is 0 Å². The molecule has 8 aliphatic rings. The highest BCUT2D eigenvalue weighted by atomic mass is 32.2. The van der Waals surface area contributed by atoms with E-state index in [2.05, 4.69) is 112 Å². The maximum absolute atomic E-state index is 15.0. The molecule has 0 unspecified atom stereocenters. The number of nitrogens with zero attached hydrogens (tertiary/aromatic N) is 20.